The Balaban J connectivity index is 0. The van der Waals surface area contributed by atoms with Crippen LogP contribution in [0.25, 0.3) is 0 Å². The predicted molar refractivity (Wildman–Crippen MR) is 88.2 cm³/mol. The summed E-state index contributed by atoms with van der Waals surface area (Å²) in [4.78, 5) is 2.15. The van der Waals surface area contributed by atoms with Crippen LogP contribution in [-0.4, -0.2) is 36.2 Å². The van der Waals surface area contributed by atoms with Gasteiger partial charge in [0.2, 0.25) is 0 Å². The van der Waals surface area contributed by atoms with Gasteiger partial charge in [-0.15, -0.1) is 12.4 Å². The van der Waals surface area contributed by atoms with Crippen LogP contribution in [0, 0.1) is 0 Å². The number of hydrogen-bond donors (Lipinski definition) is 1. The van der Waals surface area contributed by atoms with E-state index in [1.165, 1.54) is 57.8 Å². The van der Waals surface area contributed by atoms with Crippen LogP contribution in [0.1, 0.15) is 78.1 Å². The first-order chi connectivity index (χ1) is 8.59. The second-order valence-corrected chi connectivity index (χ2v) is 5.89. The highest BCUT2D eigenvalue weighted by molar-refractivity contribution is 5.85. The van der Waals surface area contributed by atoms with Gasteiger partial charge in [0, 0.05) is 6.04 Å². The van der Waals surface area contributed by atoms with E-state index in [9.17, 15) is 5.11 Å². The van der Waals surface area contributed by atoms with Crippen molar-refractivity contribution in [3.63, 3.8) is 0 Å². The van der Waals surface area contributed by atoms with Gasteiger partial charge >= 0.3 is 0 Å². The smallest absolute Gasteiger partial charge is 0.0667 e. The van der Waals surface area contributed by atoms with E-state index in [0.29, 0.717) is 6.04 Å². The molecule has 0 amide bonds. The molecule has 0 aliphatic carbocycles. The molecule has 0 bridgehead atoms. The van der Waals surface area contributed by atoms with Crippen LogP contribution in [0.4, 0.5) is 0 Å². The summed E-state index contributed by atoms with van der Waals surface area (Å²) in [6.45, 7) is 4.17. The maximum absolute atomic E-state index is 9.66. The molecule has 2 nitrogen and oxygen atoms in total. The second kappa shape index (κ2) is 14.6. The van der Waals surface area contributed by atoms with Crippen molar-refractivity contribution >= 4 is 12.4 Å². The summed E-state index contributed by atoms with van der Waals surface area (Å²) < 4.78 is 0. The lowest BCUT2D eigenvalue weighted by molar-refractivity contribution is 0.0834. The number of halogens is 1. The molecule has 19 heavy (non-hydrogen) atoms. The van der Waals surface area contributed by atoms with Crippen molar-refractivity contribution in [1.82, 2.24) is 4.90 Å². The van der Waals surface area contributed by atoms with Gasteiger partial charge < -0.3 is 10.0 Å². The highest BCUT2D eigenvalue weighted by Crippen LogP contribution is 2.14. The van der Waals surface area contributed by atoms with E-state index in [4.69, 9.17) is 0 Å². The normalized spacial score (nSPS) is 14.2. The minimum atomic E-state index is -0.214. The SMILES string of the molecule is CCCCCCCCCCCC(C(C)O)N(C)C.Cl. The van der Waals surface area contributed by atoms with Crippen LogP contribution in [-0.2, 0) is 0 Å². The number of likely N-dealkylation sites (N-methyl/N-ethyl adjacent to an activating group) is 1. The summed E-state index contributed by atoms with van der Waals surface area (Å²) in [5.41, 5.74) is 0. The van der Waals surface area contributed by atoms with Crippen molar-refractivity contribution in [2.24, 2.45) is 0 Å². The Labute approximate surface area is 127 Å². The van der Waals surface area contributed by atoms with Gasteiger partial charge in [0.05, 0.1) is 6.10 Å². The maximum atomic E-state index is 9.66. The maximum Gasteiger partial charge on any atom is 0.0667 e. The van der Waals surface area contributed by atoms with Crippen molar-refractivity contribution in [2.45, 2.75) is 90.2 Å². The molecule has 1 N–H and O–H groups in total. The molecule has 0 heterocycles. The van der Waals surface area contributed by atoms with Gasteiger partial charge in [-0.3, -0.25) is 0 Å². The molecule has 0 rings (SSSR count). The monoisotopic (exact) mass is 293 g/mol. The number of rotatable bonds is 12. The van der Waals surface area contributed by atoms with Crippen LogP contribution in [0.2, 0.25) is 0 Å². The summed E-state index contributed by atoms with van der Waals surface area (Å²) in [7, 11) is 4.12. The van der Waals surface area contributed by atoms with Crippen molar-refractivity contribution in [3.05, 3.63) is 0 Å². The molecular weight excluding hydrogens is 258 g/mol. The summed E-state index contributed by atoms with van der Waals surface area (Å²) in [5, 5.41) is 9.66. The van der Waals surface area contributed by atoms with Crippen molar-refractivity contribution in [2.75, 3.05) is 14.1 Å². The molecule has 0 saturated carbocycles. The van der Waals surface area contributed by atoms with Gasteiger partial charge in [-0.25, -0.2) is 0 Å². The van der Waals surface area contributed by atoms with Gasteiger partial charge in [0.1, 0.15) is 0 Å². The van der Waals surface area contributed by atoms with E-state index in [-0.39, 0.29) is 18.5 Å². The molecule has 0 fully saturated rings. The van der Waals surface area contributed by atoms with Gasteiger partial charge in [-0.05, 0) is 27.4 Å². The van der Waals surface area contributed by atoms with E-state index in [2.05, 4.69) is 25.9 Å². The minimum absolute atomic E-state index is 0. The second-order valence-electron chi connectivity index (χ2n) is 5.89. The molecule has 0 spiro atoms. The van der Waals surface area contributed by atoms with E-state index < -0.39 is 0 Å². The predicted octanol–water partition coefficient (Wildman–Crippen LogP) is 4.64. The first-order valence-corrected chi connectivity index (χ1v) is 7.94. The van der Waals surface area contributed by atoms with Gasteiger partial charge in [0.15, 0.2) is 0 Å². The van der Waals surface area contributed by atoms with E-state index in [1.807, 2.05) is 6.92 Å². The van der Waals surface area contributed by atoms with Gasteiger partial charge in [-0.2, -0.15) is 0 Å². The van der Waals surface area contributed by atoms with Crippen molar-refractivity contribution < 1.29 is 5.11 Å². The van der Waals surface area contributed by atoms with E-state index in [0.717, 1.165) is 6.42 Å². The molecule has 0 radical (unpaired) electrons. The Bertz CT molecular complexity index is 166. The zero-order valence-electron chi connectivity index (χ0n) is 13.5. The lowest BCUT2D eigenvalue weighted by Gasteiger charge is -2.26. The average molecular weight is 294 g/mol. The summed E-state index contributed by atoms with van der Waals surface area (Å²) in [5.74, 6) is 0. The van der Waals surface area contributed by atoms with Crippen LogP contribution >= 0.6 is 12.4 Å². The van der Waals surface area contributed by atoms with Crippen LogP contribution in [0.3, 0.4) is 0 Å². The first kappa shape index (κ1) is 21.5. The molecule has 2 atom stereocenters. The highest BCUT2D eigenvalue weighted by atomic mass is 35.5. The third-order valence-corrected chi connectivity index (χ3v) is 3.82. The molecule has 0 aliphatic rings. The summed E-state index contributed by atoms with van der Waals surface area (Å²) in [6.07, 6.45) is 13.2. The number of hydrogen-bond acceptors (Lipinski definition) is 2. The minimum Gasteiger partial charge on any atom is -0.392 e. The quantitative estimate of drug-likeness (QED) is 0.530. The topological polar surface area (TPSA) is 23.5 Å². The first-order valence-electron chi connectivity index (χ1n) is 7.94. The highest BCUT2D eigenvalue weighted by Gasteiger charge is 2.16. The molecular formula is C16H36ClNO. The average Bonchev–Trinajstić information content (AvgIpc) is 2.30. The molecule has 2 unspecified atom stereocenters. The van der Waals surface area contributed by atoms with Crippen molar-refractivity contribution in [1.29, 1.82) is 0 Å². The fraction of sp³-hybridized carbons (Fsp3) is 1.00. The Morgan fingerprint density at radius 3 is 1.63 bits per heavy atom. The fourth-order valence-corrected chi connectivity index (χ4v) is 2.60. The Morgan fingerprint density at radius 1 is 0.842 bits per heavy atom. The molecule has 118 valence electrons. The Kier molecular flexibility index (Phi) is 16.5. The third kappa shape index (κ3) is 13.0. The Hall–Kier alpha value is 0.210. The standard InChI is InChI=1S/C16H35NO.ClH/c1-5-6-7-8-9-10-11-12-13-14-16(15(2)18)17(3)4;/h15-16,18H,5-14H2,1-4H3;1H. The molecule has 0 aromatic carbocycles. The molecule has 0 aromatic rings. The van der Waals surface area contributed by atoms with Gasteiger partial charge in [-0.1, -0.05) is 64.7 Å². The third-order valence-electron chi connectivity index (χ3n) is 3.82. The number of unbranched alkanes of at least 4 members (excludes halogenated alkanes) is 8. The zero-order chi connectivity index (χ0) is 13.8. The van der Waals surface area contributed by atoms with Gasteiger partial charge in [0.25, 0.3) is 0 Å². The number of aliphatic hydroxyl groups excluding tert-OH is 1. The van der Waals surface area contributed by atoms with Crippen molar-refractivity contribution in [3.8, 4) is 0 Å². The fourth-order valence-electron chi connectivity index (χ4n) is 2.60. The zero-order valence-corrected chi connectivity index (χ0v) is 14.3. The lowest BCUT2D eigenvalue weighted by atomic mass is 10.0. The Morgan fingerprint density at radius 2 is 1.26 bits per heavy atom. The largest absolute Gasteiger partial charge is 0.392 e. The van der Waals surface area contributed by atoms with Crippen LogP contribution < -0.4 is 0 Å². The lowest BCUT2D eigenvalue weighted by Crippen LogP contribution is -2.37. The summed E-state index contributed by atoms with van der Waals surface area (Å²) in [6, 6.07) is 0.328. The van der Waals surface area contributed by atoms with E-state index >= 15 is 0 Å². The molecule has 3 heteroatoms. The number of aliphatic hydroxyl groups is 1. The van der Waals surface area contributed by atoms with E-state index in [1.54, 1.807) is 0 Å². The summed E-state index contributed by atoms with van der Waals surface area (Å²) >= 11 is 0. The van der Waals surface area contributed by atoms with Crippen LogP contribution in [0.5, 0.6) is 0 Å². The number of nitrogens with zero attached hydrogens (tertiary/aromatic N) is 1. The molecule has 0 aliphatic heterocycles. The molecule has 0 saturated heterocycles. The molecule has 0 aromatic heterocycles. The van der Waals surface area contributed by atoms with Crippen LogP contribution in [0.15, 0.2) is 0 Å².